The van der Waals surface area contributed by atoms with E-state index in [9.17, 15) is 19.9 Å². The molecule has 0 bridgehead atoms. The largest absolute Gasteiger partial charge is 0.466 e. The Kier molecular flexibility index (Phi) is 29.8. The molecule has 0 saturated heterocycles. The molecule has 8 atom stereocenters. The van der Waals surface area contributed by atoms with Crippen LogP contribution in [0.3, 0.4) is 0 Å². The molecule has 15 heteroatoms. The van der Waals surface area contributed by atoms with Crippen molar-refractivity contribution < 1.29 is 47.5 Å². The van der Waals surface area contributed by atoms with Crippen molar-refractivity contribution in [3.8, 4) is 11.8 Å². The average molecular weight is 1100 g/mol. The molecule has 0 amide bonds. The van der Waals surface area contributed by atoms with Crippen molar-refractivity contribution in [3.05, 3.63) is 154 Å². The van der Waals surface area contributed by atoms with Crippen molar-refractivity contribution in [3.63, 3.8) is 0 Å². The van der Waals surface area contributed by atoms with Crippen LogP contribution in [-0.2, 0) is 74.0 Å². The second-order valence-electron chi connectivity index (χ2n) is 23.0. The first-order valence-electron chi connectivity index (χ1n) is 28.0. The minimum absolute atomic E-state index is 0.00776. The lowest BCUT2D eigenvalue weighted by molar-refractivity contribution is -0.169. The third-order valence-corrected chi connectivity index (χ3v) is 16.9. The number of nitrogens with zero attached hydrogens (tertiary/aromatic N) is 3. The highest BCUT2D eigenvalue weighted by molar-refractivity contribution is 6.76. The van der Waals surface area contributed by atoms with Crippen LogP contribution >= 0.6 is 0 Å². The van der Waals surface area contributed by atoms with Crippen LogP contribution in [-0.4, -0.2) is 84.3 Å². The van der Waals surface area contributed by atoms with Gasteiger partial charge in [0.15, 0.2) is 0 Å². The summed E-state index contributed by atoms with van der Waals surface area (Å²) in [4.78, 5) is 44.1. The molecule has 0 spiro atoms. The summed E-state index contributed by atoms with van der Waals surface area (Å²) in [5.41, 5.74) is 13.4. The fraction of sp³-hybridized carbons (Fsp3) is 0.540. The molecule has 0 fully saturated rings. The molecular formula is C63H89N3O10Si2. The lowest BCUT2D eigenvalue weighted by atomic mass is 9.90. The predicted octanol–water partition coefficient (Wildman–Crippen LogP) is 14.3. The Labute approximate surface area is 468 Å². The molecule has 0 aliphatic carbocycles. The molecule has 0 aromatic heterocycles. The van der Waals surface area contributed by atoms with Gasteiger partial charge >= 0.3 is 17.9 Å². The highest BCUT2D eigenvalue weighted by atomic mass is 28.3. The minimum atomic E-state index is -1.54. The van der Waals surface area contributed by atoms with Gasteiger partial charge in [-0.15, -0.1) is 11.8 Å². The molecule has 0 radical (unpaired) electrons. The van der Waals surface area contributed by atoms with Crippen LogP contribution in [0.1, 0.15) is 94.4 Å². The van der Waals surface area contributed by atoms with E-state index < -0.39 is 70.5 Å². The standard InChI is InChI=1S/C63H89N3O10Si2/c1-10-50(3)62(75-48-54-33-23-15-24-34-54)59(76-61(68)42-55(63(69)71-37-39-78(7,8)9)41-60(67)70-36-38-77(4,5)6)40-49(2)26-16-11-25-35-57(73-46-52-29-19-13-20-30-52)58(74-47-53-31-21-14-22-32-53)43-56(44-65-66-64)72-45-51-27-17-12-18-28-51/h12-15,17-24,27-34,49-50,55-59,62H,10,25-26,35-48H2,1-9H3/t49-,50+,55+,56-,57+,58-,59-,62+/m0/s1. The smallest absolute Gasteiger partial charge is 0.310 e. The maximum absolute atomic E-state index is 14.2. The normalized spacial score (nSPS) is 14.7. The van der Waals surface area contributed by atoms with Gasteiger partial charge < -0.3 is 33.2 Å². The summed E-state index contributed by atoms with van der Waals surface area (Å²) in [6, 6.07) is 41.4. The van der Waals surface area contributed by atoms with E-state index in [0.29, 0.717) is 58.5 Å². The number of ether oxygens (including phenoxy) is 7. The van der Waals surface area contributed by atoms with E-state index in [1.54, 1.807) is 0 Å². The maximum Gasteiger partial charge on any atom is 0.310 e. The van der Waals surface area contributed by atoms with Crippen molar-refractivity contribution in [2.24, 2.45) is 22.9 Å². The Hall–Kier alpha value is -5.57. The number of hydrogen-bond donors (Lipinski definition) is 0. The first-order chi connectivity index (χ1) is 37.4. The molecule has 0 saturated carbocycles. The number of rotatable bonds is 37. The van der Waals surface area contributed by atoms with E-state index in [2.05, 4.69) is 81.9 Å². The fourth-order valence-corrected chi connectivity index (χ4v) is 9.94. The van der Waals surface area contributed by atoms with E-state index >= 15 is 0 Å². The Morgan fingerprint density at radius 2 is 1.06 bits per heavy atom. The van der Waals surface area contributed by atoms with Gasteiger partial charge in [0.2, 0.25) is 0 Å². The SMILES string of the molecule is CC[C@@H](C)[C@@H](OCc1ccccc1)[C@H](C[C@@H](C)CC#CCC[C@@H](OCc1ccccc1)[C@H](C[C@@H](CN=[N+]=[N-])OCc1ccccc1)OCc1ccccc1)OC(=O)C[C@@H](CC(=O)OCC[Si](C)(C)C)C(=O)OCC[Si](C)(C)C. The quantitative estimate of drug-likeness (QED) is 0.00807. The van der Waals surface area contributed by atoms with Crippen molar-refractivity contribution >= 4 is 34.1 Å². The lowest BCUT2D eigenvalue weighted by Gasteiger charge is -2.33. The zero-order valence-corrected chi connectivity index (χ0v) is 50.1. The molecule has 4 rings (SSSR count). The van der Waals surface area contributed by atoms with E-state index in [0.717, 1.165) is 40.8 Å². The van der Waals surface area contributed by atoms with Gasteiger partial charge in [-0.05, 0) is 64.6 Å². The molecule has 0 aliphatic rings. The van der Waals surface area contributed by atoms with Crippen molar-refractivity contribution in [2.75, 3.05) is 19.8 Å². The van der Waals surface area contributed by atoms with Crippen LogP contribution in [0.4, 0.5) is 0 Å². The number of benzene rings is 4. The van der Waals surface area contributed by atoms with E-state index in [4.69, 9.17) is 33.2 Å². The molecule has 0 heterocycles. The first-order valence-corrected chi connectivity index (χ1v) is 35.4. The Morgan fingerprint density at radius 1 is 0.590 bits per heavy atom. The Balaban J connectivity index is 1.56. The molecule has 4 aromatic rings. The highest BCUT2D eigenvalue weighted by Crippen LogP contribution is 2.28. The highest BCUT2D eigenvalue weighted by Gasteiger charge is 2.35. The van der Waals surface area contributed by atoms with Crippen LogP contribution in [0.25, 0.3) is 10.4 Å². The van der Waals surface area contributed by atoms with Gasteiger partial charge in [-0.3, -0.25) is 14.4 Å². The summed E-state index contributed by atoms with van der Waals surface area (Å²) in [5, 5.41) is 3.93. The van der Waals surface area contributed by atoms with Crippen LogP contribution in [0, 0.1) is 29.6 Å². The fourth-order valence-electron chi connectivity index (χ4n) is 8.51. The van der Waals surface area contributed by atoms with Gasteiger partial charge in [0.1, 0.15) is 6.10 Å². The zero-order chi connectivity index (χ0) is 56.6. The topological polar surface area (TPSA) is 165 Å². The number of carbonyl (C=O) groups is 3. The van der Waals surface area contributed by atoms with E-state index in [1.807, 2.05) is 121 Å². The number of carbonyl (C=O) groups excluding carboxylic acids is 3. The van der Waals surface area contributed by atoms with Gasteiger partial charge in [0.25, 0.3) is 0 Å². The van der Waals surface area contributed by atoms with Crippen molar-refractivity contribution in [1.29, 1.82) is 0 Å². The Bertz CT molecular complexity index is 2420. The molecule has 0 N–H and O–H groups in total. The van der Waals surface area contributed by atoms with E-state index in [1.165, 1.54) is 0 Å². The lowest BCUT2D eigenvalue weighted by Crippen LogP contribution is -2.40. The summed E-state index contributed by atoms with van der Waals surface area (Å²) in [6.07, 6.45) is 0.147. The van der Waals surface area contributed by atoms with E-state index in [-0.39, 0.29) is 44.4 Å². The number of esters is 3. The molecule has 13 nitrogen and oxygen atoms in total. The van der Waals surface area contributed by atoms with Gasteiger partial charge in [-0.25, -0.2) is 0 Å². The summed E-state index contributed by atoms with van der Waals surface area (Å²) in [7, 11) is -3.02. The minimum Gasteiger partial charge on any atom is -0.466 e. The molecule has 0 unspecified atom stereocenters. The molecule has 78 heavy (non-hydrogen) atoms. The van der Waals surface area contributed by atoms with Crippen molar-refractivity contribution in [1.82, 2.24) is 0 Å². The summed E-state index contributed by atoms with van der Waals surface area (Å²) >= 11 is 0. The first kappa shape index (κ1) is 65.0. The predicted molar refractivity (Wildman–Crippen MR) is 314 cm³/mol. The maximum atomic E-state index is 14.2. The second-order valence-corrected chi connectivity index (χ2v) is 34.2. The number of hydrogen-bond acceptors (Lipinski definition) is 11. The second kappa shape index (κ2) is 35.8. The molecular weight excluding hydrogens is 1010 g/mol. The number of azide groups is 1. The van der Waals surface area contributed by atoms with Crippen molar-refractivity contribution in [2.45, 2.75) is 180 Å². The van der Waals surface area contributed by atoms with Crippen LogP contribution in [0.2, 0.25) is 51.4 Å². The third-order valence-electron chi connectivity index (χ3n) is 13.5. The van der Waals surface area contributed by atoms with Gasteiger partial charge in [-0.1, -0.05) is 193 Å². The summed E-state index contributed by atoms with van der Waals surface area (Å²) in [5.74, 6) is 4.04. The molecule has 0 aliphatic heterocycles. The van der Waals surface area contributed by atoms with Gasteiger partial charge in [0, 0.05) is 40.3 Å². The monoisotopic (exact) mass is 1100 g/mol. The van der Waals surface area contributed by atoms with Crippen LogP contribution < -0.4 is 0 Å². The van der Waals surface area contributed by atoms with Gasteiger partial charge in [-0.2, -0.15) is 0 Å². The molecule has 424 valence electrons. The van der Waals surface area contributed by atoms with Crippen LogP contribution in [0.15, 0.2) is 126 Å². The van der Waals surface area contributed by atoms with Crippen LogP contribution in [0.5, 0.6) is 0 Å². The molecule has 4 aromatic carbocycles. The Morgan fingerprint density at radius 3 is 1.56 bits per heavy atom. The third kappa shape index (κ3) is 27.8. The van der Waals surface area contributed by atoms with Gasteiger partial charge in [0.05, 0.1) is 89.4 Å². The summed E-state index contributed by atoms with van der Waals surface area (Å²) < 4.78 is 44.3. The zero-order valence-electron chi connectivity index (χ0n) is 48.1. The summed E-state index contributed by atoms with van der Waals surface area (Å²) in [6.45, 7) is 21.5. The average Bonchev–Trinajstić information content (AvgIpc) is 3.41.